The van der Waals surface area contributed by atoms with Crippen LogP contribution in [0.5, 0.6) is 0 Å². The number of nitrogens with zero attached hydrogens (tertiary/aromatic N) is 4. The quantitative estimate of drug-likeness (QED) is 0.647. The van der Waals surface area contributed by atoms with Crippen LogP contribution in [0.2, 0.25) is 5.02 Å². The lowest BCUT2D eigenvalue weighted by atomic mass is 10.3. The zero-order chi connectivity index (χ0) is 14.8. The van der Waals surface area contributed by atoms with E-state index in [2.05, 4.69) is 20.1 Å². The molecule has 2 aromatic heterocycles. The molecular weight excluding hydrogens is 297 g/mol. The Hall–Kier alpha value is -2.09. The maximum atomic E-state index is 12.5. The van der Waals surface area contributed by atoms with E-state index in [-0.39, 0.29) is 10.8 Å². The molecule has 2 aromatic rings. The Morgan fingerprint density at radius 3 is 2.80 bits per heavy atom. The maximum Gasteiger partial charge on any atom is 0.417 e. The molecule has 0 unspecified atom stereocenters. The molecule has 0 fully saturated rings. The highest BCUT2D eigenvalue weighted by atomic mass is 35.5. The van der Waals surface area contributed by atoms with E-state index in [4.69, 9.17) is 11.6 Å². The largest absolute Gasteiger partial charge is 0.417 e. The average Bonchev–Trinajstić information content (AvgIpc) is 2.83. The molecule has 0 N–H and O–H groups in total. The molecule has 9 heteroatoms. The van der Waals surface area contributed by atoms with Crippen LogP contribution in [0.15, 0.2) is 29.7 Å². The molecule has 0 spiro atoms. The molecule has 0 saturated carbocycles. The summed E-state index contributed by atoms with van der Waals surface area (Å²) in [5, 5.41) is 7.31. The summed E-state index contributed by atoms with van der Waals surface area (Å²) in [4.78, 5) is 8.23. The SMILES string of the molecule is CON=Cc1ccnn1-c1ncc(C(F)(F)F)cc1Cl. The first-order valence-electron chi connectivity index (χ1n) is 5.27. The number of hydrogen-bond donors (Lipinski definition) is 0. The van der Waals surface area contributed by atoms with Crippen LogP contribution in [0, 0.1) is 0 Å². The molecule has 2 rings (SSSR count). The van der Waals surface area contributed by atoms with Crippen molar-refractivity contribution in [2.75, 3.05) is 7.11 Å². The molecule has 20 heavy (non-hydrogen) atoms. The highest BCUT2D eigenvalue weighted by molar-refractivity contribution is 6.32. The van der Waals surface area contributed by atoms with E-state index in [1.54, 1.807) is 6.07 Å². The van der Waals surface area contributed by atoms with Crippen molar-refractivity contribution in [1.82, 2.24) is 14.8 Å². The molecule has 0 radical (unpaired) electrons. The third-order valence-electron chi connectivity index (χ3n) is 2.31. The first-order chi connectivity index (χ1) is 9.43. The van der Waals surface area contributed by atoms with Gasteiger partial charge in [0.2, 0.25) is 0 Å². The molecule has 0 aromatic carbocycles. The second-order valence-electron chi connectivity index (χ2n) is 3.61. The van der Waals surface area contributed by atoms with Gasteiger partial charge in [0, 0.05) is 6.20 Å². The van der Waals surface area contributed by atoms with Crippen LogP contribution in [0.3, 0.4) is 0 Å². The molecule has 5 nitrogen and oxygen atoms in total. The normalized spacial score (nSPS) is 12.1. The Morgan fingerprint density at radius 2 is 2.20 bits per heavy atom. The van der Waals surface area contributed by atoms with Gasteiger partial charge >= 0.3 is 6.18 Å². The van der Waals surface area contributed by atoms with Gasteiger partial charge in [-0.1, -0.05) is 16.8 Å². The third kappa shape index (κ3) is 2.90. The number of alkyl halides is 3. The van der Waals surface area contributed by atoms with Crippen LogP contribution >= 0.6 is 11.6 Å². The third-order valence-corrected chi connectivity index (χ3v) is 2.59. The second kappa shape index (κ2) is 5.49. The van der Waals surface area contributed by atoms with Gasteiger partial charge in [0.05, 0.1) is 28.7 Å². The first-order valence-corrected chi connectivity index (χ1v) is 5.65. The molecule has 0 bridgehead atoms. The van der Waals surface area contributed by atoms with E-state index in [1.165, 1.54) is 24.2 Å². The summed E-state index contributed by atoms with van der Waals surface area (Å²) in [6.45, 7) is 0. The lowest BCUT2D eigenvalue weighted by molar-refractivity contribution is -0.137. The summed E-state index contributed by atoms with van der Waals surface area (Å²) in [7, 11) is 1.36. The molecule has 106 valence electrons. The predicted molar refractivity (Wildman–Crippen MR) is 66.0 cm³/mol. The Kier molecular flexibility index (Phi) is 3.93. The number of rotatable bonds is 3. The van der Waals surface area contributed by atoms with E-state index in [0.717, 1.165) is 6.07 Å². The Bertz CT molecular complexity index is 639. The van der Waals surface area contributed by atoms with Gasteiger partial charge in [0.1, 0.15) is 7.11 Å². The van der Waals surface area contributed by atoms with Crippen molar-refractivity contribution < 1.29 is 18.0 Å². The van der Waals surface area contributed by atoms with Crippen LogP contribution in [0.1, 0.15) is 11.3 Å². The minimum Gasteiger partial charge on any atom is -0.399 e. The van der Waals surface area contributed by atoms with Crippen molar-refractivity contribution in [3.05, 3.63) is 40.8 Å². The molecule has 0 atom stereocenters. The predicted octanol–water partition coefficient (Wildman–Crippen LogP) is 2.92. The summed E-state index contributed by atoms with van der Waals surface area (Å²) in [5.74, 6) is 0.0715. The van der Waals surface area contributed by atoms with Crippen LogP contribution in [-0.4, -0.2) is 28.1 Å². The van der Waals surface area contributed by atoms with Gasteiger partial charge < -0.3 is 4.84 Å². The summed E-state index contributed by atoms with van der Waals surface area (Å²) >= 11 is 5.83. The van der Waals surface area contributed by atoms with Crippen molar-refractivity contribution >= 4 is 17.8 Å². The van der Waals surface area contributed by atoms with Crippen LogP contribution in [-0.2, 0) is 11.0 Å². The molecule has 0 amide bonds. The van der Waals surface area contributed by atoms with Gasteiger partial charge in [0.15, 0.2) is 5.82 Å². The summed E-state index contributed by atoms with van der Waals surface area (Å²) in [5.41, 5.74) is -0.466. The molecule has 0 aliphatic carbocycles. The fourth-order valence-electron chi connectivity index (χ4n) is 1.44. The standard InChI is InChI=1S/C11H8ClF3N4O/c1-20-18-6-8-2-3-17-19(8)10-9(12)4-7(5-16-10)11(13,14)15/h2-6H,1H3. The molecule has 2 heterocycles. The topological polar surface area (TPSA) is 52.3 Å². The molecule has 0 aliphatic heterocycles. The summed E-state index contributed by atoms with van der Waals surface area (Å²) in [6, 6.07) is 2.38. The van der Waals surface area contributed by atoms with E-state index < -0.39 is 11.7 Å². The van der Waals surface area contributed by atoms with Crippen molar-refractivity contribution in [3.8, 4) is 5.82 Å². The Labute approximate surface area is 116 Å². The second-order valence-corrected chi connectivity index (χ2v) is 4.02. The summed E-state index contributed by atoms with van der Waals surface area (Å²) in [6.07, 6.45) is -1.03. The number of oxime groups is 1. The van der Waals surface area contributed by atoms with E-state index in [1.807, 2.05) is 0 Å². The van der Waals surface area contributed by atoms with Gasteiger partial charge in [-0.05, 0) is 12.1 Å². The van der Waals surface area contributed by atoms with Gasteiger partial charge in [-0.3, -0.25) is 0 Å². The smallest absolute Gasteiger partial charge is 0.399 e. The molecule has 0 aliphatic rings. The van der Waals surface area contributed by atoms with Crippen LogP contribution < -0.4 is 0 Å². The lowest BCUT2D eigenvalue weighted by Crippen LogP contribution is -2.09. The number of pyridine rings is 1. The fourth-order valence-corrected chi connectivity index (χ4v) is 1.68. The van der Waals surface area contributed by atoms with Crippen LogP contribution in [0.4, 0.5) is 13.2 Å². The van der Waals surface area contributed by atoms with E-state index in [9.17, 15) is 13.2 Å². The zero-order valence-corrected chi connectivity index (χ0v) is 10.9. The van der Waals surface area contributed by atoms with Gasteiger partial charge in [-0.15, -0.1) is 0 Å². The number of hydrogen-bond acceptors (Lipinski definition) is 4. The minimum absolute atomic E-state index is 0.0715. The van der Waals surface area contributed by atoms with E-state index in [0.29, 0.717) is 11.9 Å². The zero-order valence-electron chi connectivity index (χ0n) is 10.1. The van der Waals surface area contributed by atoms with Gasteiger partial charge in [0.25, 0.3) is 0 Å². The van der Waals surface area contributed by atoms with Crippen molar-refractivity contribution in [1.29, 1.82) is 0 Å². The maximum absolute atomic E-state index is 12.5. The number of aromatic nitrogens is 3. The first kappa shape index (κ1) is 14.3. The lowest BCUT2D eigenvalue weighted by Gasteiger charge is -2.09. The summed E-state index contributed by atoms with van der Waals surface area (Å²) < 4.78 is 38.8. The van der Waals surface area contributed by atoms with Gasteiger partial charge in [-0.2, -0.15) is 18.3 Å². The average molecular weight is 305 g/mol. The molecule has 0 saturated heterocycles. The van der Waals surface area contributed by atoms with Crippen molar-refractivity contribution in [2.45, 2.75) is 6.18 Å². The van der Waals surface area contributed by atoms with Crippen molar-refractivity contribution in [3.63, 3.8) is 0 Å². The fraction of sp³-hybridized carbons (Fsp3) is 0.182. The van der Waals surface area contributed by atoms with Gasteiger partial charge in [-0.25, -0.2) is 9.67 Å². The van der Waals surface area contributed by atoms with E-state index >= 15 is 0 Å². The highest BCUT2D eigenvalue weighted by Gasteiger charge is 2.31. The Balaban J connectivity index is 2.44. The molecular formula is C11H8ClF3N4O. The Morgan fingerprint density at radius 1 is 1.45 bits per heavy atom. The monoisotopic (exact) mass is 304 g/mol. The van der Waals surface area contributed by atoms with Crippen LogP contribution in [0.25, 0.3) is 5.82 Å². The highest BCUT2D eigenvalue weighted by Crippen LogP contribution is 2.31. The number of halogens is 4. The minimum atomic E-state index is -4.50. The van der Waals surface area contributed by atoms with Crippen molar-refractivity contribution in [2.24, 2.45) is 5.16 Å².